The molecule has 0 aromatic rings. The molecule has 194 valence electrons. The van der Waals surface area contributed by atoms with Crippen molar-refractivity contribution in [3.05, 3.63) is 25.3 Å². The van der Waals surface area contributed by atoms with Gasteiger partial charge < -0.3 is 18.9 Å². The Hall–Kier alpha value is -3.50. The first-order chi connectivity index (χ1) is 16.0. The van der Waals surface area contributed by atoms with Crippen LogP contribution in [0.25, 0.3) is 0 Å². The van der Waals surface area contributed by atoms with E-state index in [0.717, 1.165) is 6.92 Å². The van der Waals surface area contributed by atoms with E-state index in [1.807, 2.05) is 0 Å². The van der Waals surface area contributed by atoms with Gasteiger partial charge in [-0.3, -0.25) is 14.5 Å². The molecular weight excluding hydrogens is 462 g/mol. The van der Waals surface area contributed by atoms with Gasteiger partial charge in [-0.25, -0.2) is 19.2 Å². The minimum atomic E-state index is -2.78. The lowest BCUT2D eigenvalue weighted by Crippen LogP contribution is -2.84. The second kappa shape index (κ2) is 10.8. The topological polar surface area (TPSA) is 143 Å². The van der Waals surface area contributed by atoms with Crippen molar-refractivity contribution in [2.75, 3.05) is 13.2 Å². The Balaban J connectivity index is 3.84. The fourth-order valence-corrected chi connectivity index (χ4v) is 3.39. The number of amides is 1. The lowest BCUT2D eigenvalue weighted by molar-refractivity contribution is -0.214. The lowest BCUT2D eigenvalue weighted by atomic mass is 9.69. The van der Waals surface area contributed by atoms with Gasteiger partial charge in [-0.2, -0.15) is 0 Å². The molecule has 0 radical (unpaired) electrons. The Morgan fingerprint density at radius 2 is 1.26 bits per heavy atom. The number of hydrogen-bond donors (Lipinski definition) is 0. The van der Waals surface area contributed by atoms with Gasteiger partial charge in [0.1, 0.15) is 36.1 Å². The van der Waals surface area contributed by atoms with Crippen molar-refractivity contribution in [3.8, 4) is 0 Å². The molecule has 1 rings (SSSR count). The van der Waals surface area contributed by atoms with Crippen molar-refractivity contribution in [2.45, 2.75) is 71.2 Å². The zero-order chi connectivity index (χ0) is 27.4. The predicted octanol–water partition coefficient (Wildman–Crippen LogP) is 1.28. The second-order valence-electron chi connectivity index (χ2n) is 9.76. The maximum Gasteiger partial charge on any atom is 0.345 e. The van der Waals surface area contributed by atoms with Crippen molar-refractivity contribution in [1.82, 2.24) is 4.90 Å². The van der Waals surface area contributed by atoms with Crippen molar-refractivity contribution in [3.63, 3.8) is 0 Å². The van der Waals surface area contributed by atoms with Crippen LogP contribution in [0.5, 0.6) is 0 Å². The van der Waals surface area contributed by atoms with Crippen LogP contribution in [-0.2, 0) is 47.7 Å². The molecule has 1 heterocycles. The number of ketones is 1. The quantitative estimate of drug-likeness (QED) is 0.143. The molecule has 35 heavy (non-hydrogen) atoms. The summed E-state index contributed by atoms with van der Waals surface area (Å²) in [6.07, 6.45) is 2.38. The molecule has 0 spiro atoms. The number of likely N-dealkylation sites (tertiary alicyclic amines) is 1. The summed E-state index contributed by atoms with van der Waals surface area (Å²) in [5, 5.41) is 0. The van der Waals surface area contributed by atoms with Crippen LogP contribution >= 0.6 is 0 Å². The van der Waals surface area contributed by atoms with Crippen LogP contribution in [0, 0.1) is 5.92 Å². The van der Waals surface area contributed by atoms with E-state index in [4.69, 9.17) is 18.9 Å². The van der Waals surface area contributed by atoms with E-state index in [-0.39, 0.29) is 0 Å². The van der Waals surface area contributed by atoms with E-state index in [1.165, 1.54) is 53.7 Å². The standard InChI is InChI=1S/C24H33NO10/c1-10-12-32-20(30)24(21(31)33-13-11-2)15(14(3)26)17(27)25(24)16(18(28)34-22(4,5)6)19(29)35-23(7,8)9/h10-11,15-16H,1-2,12-13H2,3-9H3. The summed E-state index contributed by atoms with van der Waals surface area (Å²) in [5.41, 5.74) is -5.03. The van der Waals surface area contributed by atoms with Crippen LogP contribution in [0.1, 0.15) is 48.5 Å². The van der Waals surface area contributed by atoms with Crippen molar-refractivity contribution in [1.29, 1.82) is 0 Å². The number of Topliss-reactive ketones (excluding diaryl/α,β-unsaturated/α-hetero) is 1. The molecule has 1 aliphatic rings. The van der Waals surface area contributed by atoms with Crippen LogP contribution < -0.4 is 0 Å². The minimum Gasteiger partial charge on any atom is -0.459 e. The van der Waals surface area contributed by atoms with Gasteiger partial charge in [0.15, 0.2) is 0 Å². The molecule has 1 unspecified atom stereocenters. The summed E-state index contributed by atoms with van der Waals surface area (Å²) in [5.74, 6) is -9.27. The van der Waals surface area contributed by atoms with Crippen molar-refractivity contribution >= 4 is 35.6 Å². The molecular formula is C24H33NO10. The first-order valence-electron chi connectivity index (χ1n) is 10.8. The molecule has 0 N–H and O–H groups in total. The number of rotatable bonds is 10. The number of hydrogen-bond acceptors (Lipinski definition) is 10. The molecule has 0 saturated carbocycles. The number of esters is 4. The number of ether oxygens (including phenoxy) is 4. The summed E-state index contributed by atoms with van der Waals surface area (Å²) < 4.78 is 20.7. The number of carbonyl (C=O) groups is 6. The maximum atomic E-state index is 13.3. The van der Waals surface area contributed by atoms with Gasteiger partial charge >= 0.3 is 23.9 Å². The largest absolute Gasteiger partial charge is 0.459 e. The molecule has 0 bridgehead atoms. The summed E-state index contributed by atoms with van der Waals surface area (Å²) in [7, 11) is 0. The molecule has 11 nitrogen and oxygen atoms in total. The number of carbonyl (C=O) groups excluding carboxylic acids is 6. The Morgan fingerprint density at radius 3 is 1.54 bits per heavy atom. The highest BCUT2D eigenvalue weighted by atomic mass is 16.6. The van der Waals surface area contributed by atoms with E-state index in [1.54, 1.807) is 0 Å². The Labute approximate surface area is 204 Å². The highest BCUT2D eigenvalue weighted by Crippen LogP contribution is 2.44. The second-order valence-corrected chi connectivity index (χ2v) is 9.76. The molecule has 0 aromatic carbocycles. The number of β-lactam (4-membered cyclic amide) rings is 1. The third-order valence-electron chi connectivity index (χ3n) is 4.49. The summed E-state index contributed by atoms with van der Waals surface area (Å²) in [4.78, 5) is 78.8. The molecule has 1 aliphatic heterocycles. The average Bonchev–Trinajstić information content (AvgIpc) is 2.68. The van der Waals surface area contributed by atoms with E-state index in [2.05, 4.69) is 13.2 Å². The molecule has 1 amide bonds. The van der Waals surface area contributed by atoms with Crippen LogP contribution in [0.2, 0.25) is 0 Å². The summed E-state index contributed by atoms with van der Waals surface area (Å²) in [6, 6.07) is -2.22. The first-order valence-corrected chi connectivity index (χ1v) is 10.8. The molecule has 11 heteroatoms. The molecule has 0 aromatic heterocycles. The van der Waals surface area contributed by atoms with E-state index in [9.17, 15) is 28.8 Å². The molecule has 1 saturated heterocycles. The van der Waals surface area contributed by atoms with Crippen molar-refractivity contribution < 1.29 is 47.7 Å². The zero-order valence-corrected chi connectivity index (χ0v) is 21.2. The summed E-state index contributed by atoms with van der Waals surface area (Å²) in [6.45, 7) is 16.1. The van der Waals surface area contributed by atoms with Gasteiger partial charge in [0, 0.05) is 0 Å². The first kappa shape index (κ1) is 29.5. The molecule has 1 fully saturated rings. The van der Waals surface area contributed by atoms with Crippen LogP contribution in [0.15, 0.2) is 25.3 Å². The highest BCUT2D eigenvalue weighted by molar-refractivity contribution is 6.26. The fourth-order valence-electron chi connectivity index (χ4n) is 3.39. The number of nitrogens with zero attached hydrogens (tertiary/aromatic N) is 1. The highest BCUT2D eigenvalue weighted by Gasteiger charge is 2.77. The van der Waals surface area contributed by atoms with Gasteiger partial charge in [0.05, 0.1) is 0 Å². The Bertz CT molecular complexity index is 870. The minimum absolute atomic E-state index is 0.359. The van der Waals surface area contributed by atoms with Gasteiger partial charge in [-0.05, 0) is 48.5 Å². The predicted molar refractivity (Wildman–Crippen MR) is 122 cm³/mol. The van der Waals surface area contributed by atoms with Crippen molar-refractivity contribution in [2.24, 2.45) is 5.92 Å². The van der Waals surface area contributed by atoms with E-state index >= 15 is 0 Å². The van der Waals surface area contributed by atoms with E-state index < -0.39 is 77.5 Å². The van der Waals surface area contributed by atoms with Crippen LogP contribution in [-0.4, -0.2) is 76.5 Å². The van der Waals surface area contributed by atoms with Gasteiger partial charge in [0.2, 0.25) is 11.9 Å². The van der Waals surface area contributed by atoms with Gasteiger partial charge in [-0.1, -0.05) is 25.3 Å². The Kier molecular flexibility index (Phi) is 9.14. The lowest BCUT2D eigenvalue weighted by Gasteiger charge is -2.53. The molecule has 0 aliphatic carbocycles. The van der Waals surface area contributed by atoms with Crippen LogP contribution in [0.4, 0.5) is 0 Å². The maximum absolute atomic E-state index is 13.3. The normalized spacial score (nSPS) is 17.1. The third-order valence-corrected chi connectivity index (χ3v) is 4.49. The molecule has 1 atom stereocenters. The van der Waals surface area contributed by atoms with Gasteiger partial charge in [0.25, 0.3) is 5.54 Å². The van der Waals surface area contributed by atoms with E-state index in [0.29, 0.717) is 4.90 Å². The van der Waals surface area contributed by atoms with Gasteiger partial charge in [-0.15, -0.1) is 0 Å². The average molecular weight is 496 g/mol. The zero-order valence-electron chi connectivity index (χ0n) is 21.2. The monoisotopic (exact) mass is 495 g/mol. The van der Waals surface area contributed by atoms with Crippen LogP contribution in [0.3, 0.4) is 0 Å². The fraction of sp³-hybridized carbons (Fsp3) is 0.583. The Morgan fingerprint density at radius 1 is 0.886 bits per heavy atom. The summed E-state index contributed by atoms with van der Waals surface area (Å²) >= 11 is 0. The third kappa shape index (κ3) is 6.34. The smallest absolute Gasteiger partial charge is 0.345 e. The SMILES string of the molecule is C=CCOC(=O)C1(C(=O)OCC=C)C(C(C)=O)C(=O)N1C(C(=O)OC(C)(C)C)C(=O)OC(C)(C)C.